The number of aromatic nitrogens is 4. The number of rotatable bonds is 4. The second-order valence-electron chi connectivity index (χ2n) is 7.32. The van der Waals surface area contributed by atoms with Crippen LogP contribution < -0.4 is 10.6 Å². The molecule has 2 aromatic carbocycles. The Bertz CT molecular complexity index is 1220. The van der Waals surface area contributed by atoms with E-state index in [9.17, 15) is 4.79 Å². The molecule has 0 bridgehead atoms. The molecule has 1 aliphatic carbocycles. The SMILES string of the molecule is Cc1nc2c(C(=O)NC3CC3)cc(Nc3ncc4cccc(C)c4n3)cc2[nH]1. The molecule has 2 heterocycles. The first-order chi connectivity index (χ1) is 13.6. The van der Waals surface area contributed by atoms with Crippen LogP contribution in [0.3, 0.4) is 0 Å². The van der Waals surface area contributed by atoms with Crippen molar-refractivity contribution < 1.29 is 4.79 Å². The van der Waals surface area contributed by atoms with Gasteiger partial charge in [-0.2, -0.15) is 0 Å². The van der Waals surface area contributed by atoms with Crippen molar-refractivity contribution in [3.05, 3.63) is 53.5 Å². The molecular weight excluding hydrogens is 352 g/mol. The quantitative estimate of drug-likeness (QED) is 0.507. The Morgan fingerprint density at radius 3 is 2.82 bits per heavy atom. The Morgan fingerprint density at radius 1 is 1.14 bits per heavy atom. The predicted octanol–water partition coefficient (Wildman–Crippen LogP) is 3.76. The van der Waals surface area contributed by atoms with Gasteiger partial charge in [-0.1, -0.05) is 18.2 Å². The summed E-state index contributed by atoms with van der Waals surface area (Å²) >= 11 is 0. The molecule has 0 spiro atoms. The van der Waals surface area contributed by atoms with Gasteiger partial charge in [0.1, 0.15) is 11.3 Å². The van der Waals surface area contributed by atoms with Gasteiger partial charge in [0.15, 0.2) is 0 Å². The summed E-state index contributed by atoms with van der Waals surface area (Å²) < 4.78 is 0. The van der Waals surface area contributed by atoms with Gasteiger partial charge >= 0.3 is 0 Å². The monoisotopic (exact) mass is 372 g/mol. The summed E-state index contributed by atoms with van der Waals surface area (Å²) in [7, 11) is 0. The zero-order chi connectivity index (χ0) is 19.3. The molecule has 7 nitrogen and oxygen atoms in total. The highest BCUT2D eigenvalue weighted by atomic mass is 16.1. The molecule has 1 amide bonds. The van der Waals surface area contributed by atoms with E-state index < -0.39 is 0 Å². The van der Waals surface area contributed by atoms with Crippen LogP contribution in [-0.2, 0) is 0 Å². The molecule has 0 unspecified atom stereocenters. The average Bonchev–Trinajstić information content (AvgIpc) is 3.40. The third kappa shape index (κ3) is 3.05. The average molecular weight is 372 g/mol. The minimum Gasteiger partial charge on any atom is -0.349 e. The first-order valence-corrected chi connectivity index (χ1v) is 9.37. The number of aromatic amines is 1. The van der Waals surface area contributed by atoms with Crippen LogP contribution in [0, 0.1) is 13.8 Å². The van der Waals surface area contributed by atoms with E-state index in [-0.39, 0.29) is 11.9 Å². The maximum atomic E-state index is 12.7. The van der Waals surface area contributed by atoms with Gasteiger partial charge in [0.2, 0.25) is 5.95 Å². The summed E-state index contributed by atoms with van der Waals surface area (Å²) in [5, 5.41) is 7.28. The third-order valence-electron chi connectivity index (χ3n) is 4.93. The van der Waals surface area contributed by atoms with E-state index in [1.165, 1.54) is 0 Å². The first-order valence-electron chi connectivity index (χ1n) is 9.37. The molecule has 1 fully saturated rings. The fraction of sp³-hybridized carbons (Fsp3) is 0.238. The van der Waals surface area contributed by atoms with Crippen LogP contribution in [0.15, 0.2) is 36.5 Å². The molecule has 0 aliphatic heterocycles. The zero-order valence-corrected chi connectivity index (χ0v) is 15.7. The second-order valence-corrected chi connectivity index (χ2v) is 7.32. The number of benzene rings is 2. The summed E-state index contributed by atoms with van der Waals surface area (Å²) in [5.74, 6) is 1.16. The minimum atomic E-state index is -0.0991. The second kappa shape index (κ2) is 6.30. The van der Waals surface area contributed by atoms with Crippen molar-refractivity contribution in [2.75, 3.05) is 5.32 Å². The van der Waals surface area contributed by atoms with E-state index >= 15 is 0 Å². The van der Waals surface area contributed by atoms with Crippen LogP contribution in [0.5, 0.6) is 0 Å². The van der Waals surface area contributed by atoms with E-state index in [1.807, 2.05) is 44.2 Å². The summed E-state index contributed by atoms with van der Waals surface area (Å²) in [6.07, 6.45) is 3.88. The van der Waals surface area contributed by atoms with Gasteiger partial charge < -0.3 is 15.6 Å². The van der Waals surface area contributed by atoms with Crippen molar-refractivity contribution in [2.45, 2.75) is 32.7 Å². The maximum absolute atomic E-state index is 12.7. The van der Waals surface area contributed by atoms with Gasteiger partial charge in [0.05, 0.1) is 16.6 Å². The zero-order valence-electron chi connectivity index (χ0n) is 15.7. The predicted molar refractivity (Wildman–Crippen MR) is 109 cm³/mol. The third-order valence-corrected chi connectivity index (χ3v) is 4.93. The summed E-state index contributed by atoms with van der Waals surface area (Å²) in [6, 6.07) is 10.0. The Morgan fingerprint density at radius 2 is 2.00 bits per heavy atom. The van der Waals surface area contributed by atoms with Crippen LogP contribution in [0.4, 0.5) is 11.6 Å². The Hall–Kier alpha value is -3.48. The lowest BCUT2D eigenvalue weighted by molar-refractivity contribution is 0.0952. The maximum Gasteiger partial charge on any atom is 0.253 e. The molecule has 7 heteroatoms. The topological polar surface area (TPSA) is 95.6 Å². The number of hydrogen-bond donors (Lipinski definition) is 3. The molecule has 5 rings (SSSR count). The van der Waals surface area contributed by atoms with Crippen molar-refractivity contribution >= 4 is 39.5 Å². The first kappa shape index (κ1) is 16.7. The van der Waals surface area contributed by atoms with Crippen molar-refractivity contribution in [2.24, 2.45) is 0 Å². The molecule has 3 N–H and O–H groups in total. The van der Waals surface area contributed by atoms with Gasteiger partial charge in [-0.25, -0.2) is 15.0 Å². The number of H-pyrrole nitrogens is 1. The number of imidazole rings is 1. The van der Waals surface area contributed by atoms with E-state index in [0.717, 1.165) is 46.3 Å². The van der Waals surface area contributed by atoms with Gasteiger partial charge in [0, 0.05) is 23.3 Å². The minimum absolute atomic E-state index is 0.0991. The summed E-state index contributed by atoms with van der Waals surface area (Å²) in [4.78, 5) is 29.5. The van der Waals surface area contributed by atoms with Gasteiger partial charge in [0.25, 0.3) is 5.91 Å². The number of para-hydroxylation sites is 1. The normalized spacial score (nSPS) is 13.8. The Labute approximate surface area is 161 Å². The van der Waals surface area contributed by atoms with E-state index in [4.69, 9.17) is 0 Å². The summed E-state index contributed by atoms with van der Waals surface area (Å²) in [5.41, 5.74) is 4.77. The molecule has 2 aromatic heterocycles. The molecule has 1 saturated carbocycles. The number of anilines is 2. The van der Waals surface area contributed by atoms with Crippen LogP contribution in [-0.4, -0.2) is 31.9 Å². The highest BCUT2D eigenvalue weighted by molar-refractivity contribution is 6.06. The number of carbonyl (C=O) groups is 1. The van der Waals surface area contributed by atoms with E-state index in [0.29, 0.717) is 17.0 Å². The molecular formula is C21H20N6O. The van der Waals surface area contributed by atoms with Crippen LogP contribution in [0.1, 0.15) is 34.6 Å². The van der Waals surface area contributed by atoms with E-state index in [2.05, 4.69) is 30.6 Å². The lowest BCUT2D eigenvalue weighted by Crippen LogP contribution is -2.25. The Balaban J connectivity index is 1.55. The largest absolute Gasteiger partial charge is 0.349 e. The van der Waals surface area contributed by atoms with Crippen molar-refractivity contribution in [3.63, 3.8) is 0 Å². The van der Waals surface area contributed by atoms with Crippen LogP contribution in [0.2, 0.25) is 0 Å². The lowest BCUT2D eigenvalue weighted by Gasteiger charge is -2.10. The molecule has 140 valence electrons. The molecule has 0 radical (unpaired) electrons. The molecule has 4 aromatic rings. The molecule has 0 atom stereocenters. The molecule has 1 aliphatic rings. The molecule has 0 saturated heterocycles. The Kier molecular flexibility index (Phi) is 3.75. The molecule has 28 heavy (non-hydrogen) atoms. The number of aryl methyl sites for hydroxylation is 2. The lowest BCUT2D eigenvalue weighted by atomic mass is 10.1. The highest BCUT2D eigenvalue weighted by Crippen LogP contribution is 2.26. The van der Waals surface area contributed by atoms with Crippen molar-refractivity contribution in [1.82, 2.24) is 25.3 Å². The number of amides is 1. The smallest absolute Gasteiger partial charge is 0.253 e. The number of nitrogens with one attached hydrogen (secondary N) is 3. The standard InChI is InChI=1S/C21H20N6O/c1-11-4-3-5-13-10-22-21(27-18(11)13)26-15-8-16(20(28)25-14-6-7-14)19-17(9-15)23-12(2)24-19/h3-5,8-10,14H,6-7H2,1-2H3,(H,23,24)(H,25,28)(H,22,26,27). The van der Waals surface area contributed by atoms with Gasteiger partial charge in [-0.15, -0.1) is 0 Å². The van der Waals surface area contributed by atoms with Crippen LogP contribution >= 0.6 is 0 Å². The van der Waals surface area contributed by atoms with Crippen LogP contribution in [0.25, 0.3) is 21.9 Å². The fourth-order valence-corrected chi connectivity index (χ4v) is 3.37. The number of nitrogens with zero attached hydrogens (tertiary/aromatic N) is 3. The van der Waals surface area contributed by atoms with Gasteiger partial charge in [-0.3, -0.25) is 4.79 Å². The fourth-order valence-electron chi connectivity index (χ4n) is 3.37. The highest BCUT2D eigenvalue weighted by Gasteiger charge is 2.25. The van der Waals surface area contributed by atoms with Crippen molar-refractivity contribution in [1.29, 1.82) is 0 Å². The number of carbonyl (C=O) groups excluding carboxylic acids is 1. The number of hydrogen-bond acceptors (Lipinski definition) is 5. The summed E-state index contributed by atoms with van der Waals surface area (Å²) in [6.45, 7) is 3.91. The van der Waals surface area contributed by atoms with E-state index in [1.54, 1.807) is 6.20 Å². The van der Waals surface area contributed by atoms with Gasteiger partial charge in [-0.05, 0) is 44.4 Å². The van der Waals surface area contributed by atoms with Crippen molar-refractivity contribution in [3.8, 4) is 0 Å². The number of fused-ring (bicyclic) bond motifs is 2.